The monoisotopic (exact) mass is 296 g/mol. The number of halogens is 1. The highest BCUT2D eigenvalue weighted by Gasteiger charge is 2.10. The zero-order valence-corrected chi connectivity index (χ0v) is 11.0. The molecule has 4 heteroatoms. The number of hydrogen-bond donors (Lipinski definition) is 1. The van der Waals surface area contributed by atoms with Crippen LogP contribution in [0.2, 0.25) is 0 Å². The fourth-order valence-corrected chi connectivity index (χ4v) is 2.13. The lowest BCUT2D eigenvalue weighted by Crippen LogP contribution is -2.01. The Morgan fingerprint density at radius 3 is 2.69 bits per heavy atom. The third kappa shape index (κ3) is 2.08. The van der Waals surface area contributed by atoms with Gasteiger partial charge in [0.25, 0.3) is 0 Å². The van der Waals surface area contributed by atoms with Gasteiger partial charge in [-0.1, -0.05) is 28.1 Å². The molecule has 0 atom stereocenters. The standard InChI is InChI=1S/C12H9BrO2S/c1-7-4-9-5-10(13)3-2-8(9)6-11(7)12(14)15-16/h2-6,16H,1H3. The topological polar surface area (TPSA) is 26.3 Å². The highest BCUT2D eigenvalue weighted by molar-refractivity contribution is 9.10. The molecule has 0 heterocycles. The van der Waals surface area contributed by atoms with Crippen molar-refractivity contribution in [1.82, 2.24) is 0 Å². The zero-order chi connectivity index (χ0) is 11.7. The molecule has 2 aromatic carbocycles. The predicted octanol–water partition coefficient (Wildman–Crippen LogP) is 3.91. The number of carbonyl (C=O) groups is 1. The van der Waals surface area contributed by atoms with Gasteiger partial charge in [-0.15, -0.1) is 0 Å². The number of carbonyl (C=O) groups excluding carboxylic acids is 1. The second-order valence-corrected chi connectivity index (χ2v) is 4.64. The number of rotatable bonds is 1. The minimum Gasteiger partial charge on any atom is -0.391 e. The Morgan fingerprint density at radius 2 is 2.00 bits per heavy atom. The molecule has 2 aromatic rings. The van der Waals surface area contributed by atoms with Crippen LogP contribution in [0.4, 0.5) is 0 Å². The Morgan fingerprint density at radius 1 is 1.25 bits per heavy atom. The third-order valence-corrected chi connectivity index (χ3v) is 3.11. The summed E-state index contributed by atoms with van der Waals surface area (Å²) in [4.78, 5) is 11.4. The Hall–Kier alpha value is -1.00. The van der Waals surface area contributed by atoms with Crippen molar-refractivity contribution in [3.63, 3.8) is 0 Å². The van der Waals surface area contributed by atoms with Gasteiger partial charge < -0.3 is 4.18 Å². The summed E-state index contributed by atoms with van der Waals surface area (Å²) in [6, 6.07) is 9.68. The van der Waals surface area contributed by atoms with Crippen molar-refractivity contribution in [3.05, 3.63) is 45.9 Å². The molecule has 0 spiro atoms. The highest BCUT2D eigenvalue weighted by atomic mass is 79.9. The summed E-state index contributed by atoms with van der Waals surface area (Å²) in [5.74, 6) is -0.425. The van der Waals surface area contributed by atoms with E-state index in [0.29, 0.717) is 5.56 Å². The minimum absolute atomic E-state index is 0.425. The van der Waals surface area contributed by atoms with E-state index in [1.807, 2.05) is 37.3 Å². The van der Waals surface area contributed by atoms with E-state index in [9.17, 15) is 4.79 Å². The first kappa shape index (κ1) is 11.5. The molecule has 0 aliphatic carbocycles. The largest absolute Gasteiger partial charge is 0.391 e. The highest BCUT2D eigenvalue weighted by Crippen LogP contribution is 2.24. The van der Waals surface area contributed by atoms with Gasteiger partial charge in [0, 0.05) is 17.4 Å². The first-order valence-electron chi connectivity index (χ1n) is 4.67. The van der Waals surface area contributed by atoms with E-state index in [1.165, 1.54) is 0 Å². The van der Waals surface area contributed by atoms with Crippen LogP contribution in [-0.4, -0.2) is 5.97 Å². The van der Waals surface area contributed by atoms with Gasteiger partial charge in [-0.3, -0.25) is 0 Å². The molecule has 2 nitrogen and oxygen atoms in total. The molecule has 0 bridgehead atoms. The maximum absolute atomic E-state index is 11.4. The number of fused-ring (bicyclic) bond motifs is 1. The van der Waals surface area contributed by atoms with Gasteiger partial charge in [-0.25, -0.2) is 4.79 Å². The molecule has 0 N–H and O–H groups in total. The maximum atomic E-state index is 11.4. The summed E-state index contributed by atoms with van der Waals surface area (Å²) in [5, 5.41) is 2.09. The molecule has 0 amide bonds. The van der Waals surface area contributed by atoms with E-state index in [2.05, 4.69) is 33.0 Å². The van der Waals surface area contributed by atoms with Crippen molar-refractivity contribution in [2.24, 2.45) is 0 Å². The van der Waals surface area contributed by atoms with E-state index in [1.54, 1.807) is 0 Å². The van der Waals surface area contributed by atoms with E-state index < -0.39 is 5.97 Å². The predicted molar refractivity (Wildman–Crippen MR) is 70.8 cm³/mol. The fraction of sp³-hybridized carbons (Fsp3) is 0.0833. The summed E-state index contributed by atoms with van der Waals surface area (Å²) >= 11 is 6.94. The Balaban J connectivity index is 2.67. The summed E-state index contributed by atoms with van der Waals surface area (Å²) in [6.45, 7) is 1.88. The van der Waals surface area contributed by atoms with E-state index in [4.69, 9.17) is 0 Å². The van der Waals surface area contributed by atoms with Crippen molar-refractivity contribution >= 4 is 45.6 Å². The van der Waals surface area contributed by atoms with Crippen LogP contribution < -0.4 is 0 Å². The van der Waals surface area contributed by atoms with Gasteiger partial charge in [0.1, 0.15) is 0 Å². The van der Waals surface area contributed by atoms with Crippen molar-refractivity contribution in [1.29, 1.82) is 0 Å². The fourth-order valence-electron chi connectivity index (χ4n) is 1.65. The molecule has 2 rings (SSSR count). The molecule has 0 fully saturated rings. The quantitative estimate of drug-likeness (QED) is 0.638. The molecule has 82 valence electrons. The van der Waals surface area contributed by atoms with E-state index >= 15 is 0 Å². The van der Waals surface area contributed by atoms with E-state index in [0.717, 1.165) is 20.8 Å². The lowest BCUT2D eigenvalue weighted by molar-refractivity contribution is 0.0771. The number of aryl methyl sites for hydroxylation is 1. The smallest absolute Gasteiger partial charge is 0.350 e. The summed E-state index contributed by atoms with van der Waals surface area (Å²) in [5.41, 5.74) is 1.43. The van der Waals surface area contributed by atoms with Crippen molar-refractivity contribution in [2.45, 2.75) is 6.92 Å². The summed E-state index contributed by atoms with van der Waals surface area (Å²) in [7, 11) is 0. The molecule has 0 aliphatic rings. The number of benzene rings is 2. The van der Waals surface area contributed by atoms with Crippen molar-refractivity contribution in [2.75, 3.05) is 0 Å². The molecular weight excluding hydrogens is 288 g/mol. The molecule has 0 saturated carbocycles. The van der Waals surface area contributed by atoms with Gasteiger partial charge in [-0.05, 0) is 41.5 Å². The van der Waals surface area contributed by atoms with Crippen molar-refractivity contribution < 1.29 is 8.98 Å². The third-order valence-electron chi connectivity index (χ3n) is 2.45. The molecule has 0 radical (unpaired) electrons. The van der Waals surface area contributed by atoms with Crippen LogP contribution in [0.5, 0.6) is 0 Å². The summed E-state index contributed by atoms with van der Waals surface area (Å²) in [6.07, 6.45) is 0. The van der Waals surface area contributed by atoms with Gasteiger partial charge in [0.05, 0.1) is 5.56 Å². The summed E-state index contributed by atoms with van der Waals surface area (Å²) < 4.78 is 5.45. The number of thiol groups is 1. The molecule has 0 aromatic heterocycles. The number of hydrogen-bond acceptors (Lipinski definition) is 3. The lowest BCUT2D eigenvalue weighted by atomic mass is 10.0. The van der Waals surface area contributed by atoms with Crippen LogP contribution in [0.1, 0.15) is 15.9 Å². The Kier molecular flexibility index (Phi) is 3.21. The minimum atomic E-state index is -0.425. The van der Waals surface area contributed by atoms with Crippen LogP contribution in [0, 0.1) is 6.92 Å². The Bertz CT molecular complexity index is 566. The maximum Gasteiger partial charge on any atom is 0.350 e. The van der Waals surface area contributed by atoms with Crippen LogP contribution >= 0.6 is 28.8 Å². The average Bonchev–Trinajstić information content (AvgIpc) is 2.27. The average molecular weight is 297 g/mol. The lowest BCUT2D eigenvalue weighted by Gasteiger charge is -2.06. The van der Waals surface area contributed by atoms with Crippen LogP contribution in [-0.2, 0) is 4.18 Å². The normalized spacial score (nSPS) is 10.4. The molecule has 0 aliphatic heterocycles. The van der Waals surface area contributed by atoms with Gasteiger partial charge >= 0.3 is 5.97 Å². The van der Waals surface area contributed by atoms with E-state index in [-0.39, 0.29) is 0 Å². The van der Waals surface area contributed by atoms with Gasteiger partial charge in [-0.2, -0.15) is 0 Å². The second-order valence-electron chi connectivity index (χ2n) is 3.54. The molecule has 0 unspecified atom stereocenters. The van der Waals surface area contributed by atoms with Crippen LogP contribution in [0.15, 0.2) is 34.8 Å². The molecule has 0 saturated heterocycles. The molecule has 16 heavy (non-hydrogen) atoms. The first-order valence-corrected chi connectivity index (χ1v) is 5.83. The van der Waals surface area contributed by atoms with Gasteiger partial charge in [0.2, 0.25) is 0 Å². The second kappa shape index (κ2) is 4.47. The van der Waals surface area contributed by atoms with Crippen molar-refractivity contribution in [3.8, 4) is 0 Å². The molecular formula is C12H9BrO2S. The SMILES string of the molecule is Cc1cc2cc(Br)ccc2cc1C(=O)OS. The first-order chi connectivity index (χ1) is 7.61. The van der Waals surface area contributed by atoms with Gasteiger partial charge in [0.15, 0.2) is 0 Å². The zero-order valence-electron chi connectivity index (χ0n) is 8.53. The Labute approximate surface area is 107 Å². The van der Waals surface area contributed by atoms with Crippen LogP contribution in [0.25, 0.3) is 10.8 Å². The van der Waals surface area contributed by atoms with Crippen LogP contribution in [0.3, 0.4) is 0 Å².